The lowest BCUT2D eigenvalue weighted by Gasteiger charge is -2.48. The highest BCUT2D eigenvalue weighted by atomic mass is 16.2. The van der Waals surface area contributed by atoms with E-state index in [1.165, 1.54) is 0 Å². The van der Waals surface area contributed by atoms with Gasteiger partial charge in [0.25, 0.3) is 5.91 Å². The first-order valence-corrected chi connectivity index (χ1v) is 11.1. The fourth-order valence-electron chi connectivity index (χ4n) is 4.99. The summed E-state index contributed by atoms with van der Waals surface area (Å²) < 4.78 is 1.65. The van der Waals surface area contributed by atoms with Crippen molar-refractivity contribution in [2.24, 2.45) is 5.41 Å². The fraction of sp³-hybridized carbons (Fsp3) is 0.292. The molecule has 0 aliphatic carbocycles. The molecular weight excluding hydrogens is 418 g/mol. The minimum atomic E-state index is -0.00323. The molecule has 0 bridgehead atoms. The number of carbonyl (C=O) groups is 2. The molecule has 2 amide bonds. The zero-order valence-electron chi connectivity index (χ0n) is 18.0. The molecule has 4 aromatic rings. The maximum absolute atomic E-state index is 13.1. The minimum Gasteiger partial charge on any atom is -0.340 e. The molecule has 1 N–H and O–H groups in total. The van der Waals surface area contributed by atoms with Gasteiger partial charge in [-0.1, -0.05) is 29.5 Å². The van der Waals surface area contributed by atoms with E-state index in [1.54, 1.807) is 10.9 Å². The van der Waals surface area contributed by atoms with Crippen LogP contribution in [0.1, 0.15) is 16.8 Å². The van der Waals surface area contributed by atoms with Gasteiger partial charge in [-0.3, -0.25) is 14.7 Å². The summed E-state index contributed by atoms with van der Waals surface area (Å²) in [5, 5.41) is 15.2. The van der Waals surface area contributed by atoms with Crippen LogP contribution in [0.4, 0.5) is 0 Å². The van der Waals surface area contributed by atoms with E-state index in [0.717, 1.165) is 28.7 Å². The molecule has 33 heavy (non-hydrogen) atoms. The van der Waals surface area contributed by atoms with E-state index in [2.05, 4.69) is 20.5 Å². The number of likely N-dealkylation sites (tertiary alicyclic amines) is 2. The lowest BCUT2D eigenvalue weighted by molar-refractivity contribution is -0.143. The number of para-hydroxylation sites is 1. The molecule has 9 heteroatoms. The zero-order chi connectivity index (χ0) is 22.4. The van der Waals surface area contributed by atoms with Crippen LogP contribution in [0.3, 0.4) is 0 Å². The number of aromatic amines is 1. The summed E-state index contributed by atoms with van der Waals surface area (Å²) in [4.78, 5) is 29.7. The Kier molecular flexibility index (Phi) is 4.49. The van der Waals surface area contributed by atoms with E-state index in [9.17, 15) is 9.59 Å². The van der Waals surface area contributed by atoms with Crippen LogP contribution in [-0.4, -0.2) is 73.0 Å². The molecule has 2 aliphatic rings. The van der Waals surface area contributed by atoms with Crippen LogP contribution in [0.25, 0.3) is 22.3 Å². The first kappa shape index (κ1) is 19.7. The van der Waals surface area contributed by atoms with Gasteiger partial charge < -0.3 is 9.80 Å². The van der Waals surface area contributed by atoms with Crippen LogP contribution in [0, 0.1) is 5.41 Å². The molecule has 9 nitrogen and oxygen atoms in total. The summed E-state index contributed by atoms with van der Waals surface area (Å²) in [6, 6.07) is 17.1. The van der Waals surface area contributed by atoms with Crippen LogP contribution >= 0.6 is 0 Å². The second kappa shape index (κ2) is 7.54. The summed E-state index contributed by atoms with van der Waals surface area (Å²) in [5.41, 5.74) is 4.13. The lowest BCUT2D eigenvalue weighted by Crippen LogP contribution is -2.60. The van der Waals surface area contributed by atoms with Crippen molar-refractivity contribution in [1.29, 1.82) is 0 Å². The smallest absolute Gasteiger partial charge is 0.253 e. The van der Waals surface area contributed by atoms with Crippen LogP contribution in [-0.2, 0) is 11.3 Å². The number of H-pyrrole nitrogens is 1. The Hall–Kier alpha value is -4.01. The normalized spacial score (nSPS) is 17.0. The molecule has 2 saturated heterocycles. The first-order valence-electron chi connectivity index (χ1n) is 11.1. The largest absolute Gasteiger partial charge is 0.340 e. The third kappa shape index (κ3) is 3.45. The van der Waals surface area contributed by atoms with Crippen LogP contribution in [0.5, 0.6) is 0 Å². The number of hydrogen-bond acceptors (Lipinski definition) is 5. The first-order chi connectivity index (χ1) is 16.1. The Bertz CT molecular complexity index is 1340. The second-order valence-corrected chi connectivity index (χ2v) is 9.01. The van der Waals surface area contributed by atoms with Gasteiger partial charge in [0.1, 0.15) is 12.1 Å². The number of hydrogen-bond donors (Lipinski definition) is 1. The van der Waals surface area contributed by atoms with Gasteiger partial charge in [0.15, 0.2) is 0 Å². The van der Waals surface area contributed by atoms with E-state index < -0.39 is 0 Å². The van der Waals surface area contributed by atoms with Gasteiger partial charge >= 0.3 is 0 Å². The minimum absolute atomic E-state index is 0.00323. The summed E-state index contributed by atoms with van der Waals surface area (Å²) in [6.45, 7) is 2.92. The SMILES string of the molecule is O=C(Cn1nnc2ccccc21)N1CC2(CCN(C(=O)c3cccc(-c4ccn[nH]4)c3)C2)C1. The standard InChI is InChI=1S/C24H23N7O2/c32-22(13-31-21-7-2-1-6-20(21)27-28-31)30-15-24(16-30)9-11-29(14-24)23(33)18-5-3-4-17(12-18)19-8-10-25-26-19/h1-8,10,12H,9,11,13-16H2,(H,25,26). The molecule has 2 aromatic heterocycles. The number of amides is 2. The van der Waals surface area contributed by atoms with Crippen molar-refractivity contribution >= 4 is 22.8 Å². The maximum Gasteiger partial charge on any atom is 0.253 e. The van der Waals surface area contributed by atoms with E-state index in [4.69, 9.17) is 0 Å². The van der Waals surface area contributed by atoms with E-state index in [1.807, 2.05) is 64.4 Å². The molecule has 1 spiro atoms. The molecule has 0 saturated carbocycles. The zero-order valence-corrected chi connectivity index (χ0v) is 18.0. The van der Waals surface area contributed by atoms with Gasteiger partial charge in [-0.15, -0.1) is 5.10 Å². The van der Waals surface area contributed by atoms with Gasteiger partial charge in [0.05, 0.1) is 11.2 Å². The summed E-state index contributed by atoms with van der Waals surface area (Å²) >= 11 is 0. The van der Waals surface area contributed by atoms with Crippen molar-refractivity contribution in [1.82, 2.24) is 35.0 Å². The van der Waals surface area contributed by atoms with Gasteiger partial charge in [0.2, 0.25) is 5.91 Å². The second-order valence-electron chi connectivity index (χ2n) is 9.01. The Morgan fingerprint density at radius 2 is 1.85 bits per heavy atom. The highest BCUT2D eigenvalue weighted by molar-refractivity contribution is 5.95. The maximum atomic E-state index is 13.1. The summed E-state index contributed by atoms with van der Waals surface area (Å²) in [7, 11) is 0. The van der Waals surface area contributed by atoms with Crippen molar-refractivity contribution in [2.75, 3.05) is 26.2 Å². The molecule has 2 aromatic carbocycles. The number of carbonyl (C=O) groups excluding carboxylic acids is 2. The summed E-state index contributed by atoms with van der Waals surface area (Å²) in [6.07, 6.45) is 2.61. The molecule has 0 radical (unpaired) electrons. The number of rotatable bonds is 4. The number of aromatic nitrogens is 5. The Balaban J connectivity index is 1.09. The van der Waals surface area contributed by atoms with Crippen LogP contribution in [0.2, 0.25) is 0 Å². The molecule has 166 valence electrons. The molecule has 0 unspecified atom stereocenters. The van der Waals surface area contributed by atoms with Gasteiger partial charge in [0, 0.05) is 48.9 Å². The van der Waals surface area contributed by atoms with Crippen molar-refractivity contribution in [3.63, 3.8) is 0 Å². The molecule has 2 aliphatic heterocycles. The Morgan fingerprint density at radius 1 is 1.00 bits per heavy atom. The highest BCUT2D eigenvalue weighted by Crippen LogP contribution is 2.40. The van der Waals surface area contributed by atoms with Crippen molar-refractivity contribution < 1.29 is 9.59 Å². The average molecular weight is 441 g/mol. The highest BCUT2D eigenvalue weighted by Gasteiger charge is 2.50. The predicted octanol–water partition coefficient (Wildman–Crippen LogP) is 2.20. The molecule has 0 atom stereocenters. The third-order valence-corrected chi connectivity index (χ3v) is 6.76. The van der Waals surface area contributed by atoms with E-state index in [-0.39, 0.29) is 23.8 Å². The quantitative estimate of drug-likeness (QED) is 0.523. The lowest BCUT2D eigenvalue weighted by atomic mass is 9.79. The molecule has 4 heterocycles. The van der Waals surface area contributed by atoms with Gasteiger partial charge in [-0.25, -0.2) is 4.68 Å². The van der Waals surface area contributed by atoms with Gasteiger partial charge in [-0.05, 0) is 36.8 Å². The van der Waals surface area contributed by atoms with Crippen molar-refractivity contribution in [2.45, 2.75) is 13.0 Å². The van der Waals surface area contributed by atoms with E-state index in [0.29, 0.717) is 31.7 Å². The monoisotopic (exact) mass is 441 g/mol. The van der Waals surface area contributed by atoms with Gasteiger partial charge in [-0.2, -0.15) is 5.10 Å². The van der Waals surface area contributed by atoms with E-state index >= 15 is 0 Å². The van der Waals surface area contributed by atoms with Crippen molar-refractivity contribution in [3.8, 4) is 11.3 Å². The third-order valence-electron chi connectivity index (χ3n) is 6.76. The molecule has 2 fully saturated rings. The van der Waals surface area contributed by atoms with Crippen LogP contribution < -0.4 is 0 Å². The fourth-order valence-corrected chi connectivity index (χ4v) is 4.99. The number of fused-ring (bicyclic) bond motifs is 1. The summed E-state index contributed by atoms with van der Waals surface area (Å²) in [5.74, 6) is 0.0698. The molecular formula is C24H23N7O2. The number of nitrogens with one attached hydrogen (secondary N) is 1. The van der Waals surface area contributed by atoms with Crippen LogP contribution in [0.15, 0.2) is 60.8 Å². The van der Waals surface area contributed by atoms with Crippen molar-refractivity contribution in [3.05, 3.63) is 66.4 Å². The predicted molar refractivity (Wildman–Crippen MR) is 121 cm³/mol. The number of nitrogens with zero attached hydrogens (tertiary/aromatic N) is 6. The average Bonchev–Trinajstić information content (AvgIpc) is 3.58. The topological polar surface area (TPSA) is 100 Å². The molecule has 6 rings (SSSR count). The Labute approximate surface area is 190 Å². The number of benzene rings is 2. The Morgan fingerprint density at radius 3 is 2.70 bits per heavy atom.